The van der Waals surface area contributed by atoms with Gasteiger partial charge in [-0.2, -0.15) is 0 Å². The standard InChI is InChI=1S/C22H30F2N2O2/c23-18-2-1-17(20(24)12-18)15-26-7-5-22(6-8-26)13-19(14-22)25-21(27)11-16-3-9-28-10-4-16/h1-2,12,16,19H,3-11,13-15H2,(H,25,27). The summed E-state index contributed by atoms with van der Waals surface area (Å²) < 4.78 is 32.3. The number of nitrogens with one attached hydrogen (secondary N) is 1. The first-order valence-corrected chi connectivity index (χ1v) is 10.5. The number of piperidine rings is 1. The summed E-state index contributed by atoms with van der Waals surface area (Å²) in [7, 11) is 0. The molecule has 0 unspecified atom stereocenters. The summed E-state index contributed by atoms with van der Waals surface area (Å²) in [5.41, 5.74) is 0.901. The van der Waals surface area contributed by atoms with Crippen LogP contribution in [0, 0.1) is 23.0 Å². The molecule has 0 radical (unpaired) electrons. The van der Waals surface area contributed by atoms with Crippen LogP contribution in [0.1, 0.15) is 50.5 Å². The molecule has 4 rings (SSSR count). The number of nitrogens with zero attached hydrogens (tertiary/aromatic N) is 1. The molecule has 6 heteroatoms. The molecule has 28 heavy (non-hydrogen) atoms. The lowest BCUT2D eigenvalue weighted by atomic mass is 9.60. The van der Waals surface area contributed by atoms with Crippen LogP contribution in [0.2, 0.25) is 0 Å². The molecule has 1 N–H and O–H groups in total. The Morgan fingerprint density at radius 3 is 2.57 bits per heavy atom. The van der Waals surface area contributed by atoms with Gasteiger partial charge < -0.3 is 10.1 Å². The number of amides is 1. The minimum absolute atomic E-state index is 0.191. The van der Waals surface area contributed by atoms with Crippen molar-refractivity contribution in [1.82, 2.24) is 10.2 Å². The van der Waals surface area contributed by atoms with Crippen LogP contribution in [-0.4, -0.2) is 43.2 Å². The summed E-state index contributed by atoms with van der Waals surface area (Å²) >= 11 is 0. The van der Waals surface area contributed by atoms with Crippen molar-refractivity contribution in [1.29, 1.82) is 0 Å². The second-order valence-electron chi connectivity index (χ2n) is 8.94. The van der Waals surface area contributed by atoms with Gasteiger partial charge in [-0.05, 0) is 69.0 Å². The fourth-order valence-corrected chi connectivity index (χ4v) is 5.07. The van der Waals surface area contributed by atoms with Crippen molar-refractivity contribution in [2.75, 3.05) is 26.3 Å². The number of benzene rings is 1. The fourth-order valence-electron chi connectivity index (χ4n) is 5.07. The van der Waals surface area contributed by atoms with Gasteiger partial charge in [-0.15, -0.1) is 0 Å². The fraction of sp³-hybridized carbons (Fsp3) is 0.682. The molecule has 1 saturated carbocycles. The number of ether oxygens (including phenoxy) is 1. The highest BCUT2D eigenvalue weighted by atomic mass is 19.1. The van der Waals surface area contributed by atoms with Crippen molar-refractivity contribution in [2.24, 2.45) is 11.3 Å². The predicted molar refractivity (Wildman–Crippen MR) is 103 cm³/mol. The Morgan fingerprint density at radius 1 is 1.18 bits per heavy atom. The Balaban J connectivity index is 1.18. The Bertz CT molecular complexity index is 690. The highest BCUT2D eigenvalue weighted by Gasteiger charge is 2.46. The maximum atomic E-state index is 13.9. The third-order valence-electron chi connectivity index (χ3n) is 6.86. The molecule has 0 atom stereocenters. The minimum Gasteiger partial charge on any atom is -0.381 e. The van der Waals surface area contributed by atoms with Gasteiger partial charge in [0.1, 0.15) is 11.6 Å². The van der Waals surface area contributed by atoms with Crippen LogP contribution in [0.4, 0.5) is 8.78 Å². The molecule has 3 aliphatic rings. The number of hydrogen-bond donors (Lipinski definition) is 1. The number of rotatable bonds is 5. The smallest absolute Gasteiger partial charge is 0.220 e. The molecule has 1 amide bonds. The first-order valence-electron chi connectivity index (χ1n) is 10.5. The lowest BCUT2D eigenvalue weighted by Crippen LogP contribution is -2.55. The Hall–Kier alpha value is -1.53. The third kappa shape index (κ3) is 4.71. The molecular formula is C22H30F2N2O2. The van der Waals surface area contributed by atoms with Crippen LogP contribution >= 0.6 is 0 Å². The molecular weight excluding hydrogens is 362 g/mol. The zero-order valence-corrected chi connectivity index (χ0v) is 16.4. The van der Waals surface area contributed by atoms with E-state index in [0.717, 1.165) is 70.9 Å². The topological polar surface area (TPSA) is 41.6 Å². The molecule has 4 nitrogen and oxygen atoms in total. The normalized spacial score (nSPS) is 23.5. The van der Waals surface area contributed by atoms with Gasteiger partial charge in [-0.25, -0.2) is 8.78 Å². The van der Waals surface area contributed by atoms with Gasteiger partial charge in [0.05, 0.1) is 0 Å². The molecule has 1 spiro atoms. The van der Waals surface area contributed by atoms with E-state index < -0.39 is 11.6 Å². The lowest BCUT2D eigenvalue weighted by Gasteiger charge is -2.52. The third-order valence-corrected chi connectivity index (χ3v) is 6.86. The SMILES string of the molecule is O=C(CC1CCOCC1)NC1CC2(CCN(Cc3ccc(F)cc3F)CC2)C1. The van der Waals surface area contributed by atoms with Crippen molar-refractivity contribution in [3.8, 4) is 0 Å². The molecule has 154 valence electrons. The zero-order valence-electron chi connectivity index (χ0n) is 16.4. The van der Waals surface area contributed by atoms with E-state index in [-0.39, 0.29) is 5.91 Å². The van der Waals surface area contributed by atoms with Gasteiger partial charge >= 0.3 is 0 Å². The van der Waals surface area contributed by atoms with Crippen LogP contribution in [0.25, 0.3) is 0 Å². The quantitative estimate of drug-likeness (QED) is 0.832. The molecule has 1 aliphatic carbocycles. The van der Waals surface area contributed by atoms with Gasteiger partial charge in [0.25, 0.3) is 0 Å². The summed E-state index contributed by atoms with van der Waals surface area (Å²) in [6.45, 7) is 3.96. The molecule has 0 bridgehead atoms. The maximum Gasteiger partial charge on any atom is 0.220 e. The van der Waals surface area contributed by atoms with E-state index in [2.05, 4.69) is 10.2 Å². The number of hydrogen-bond acceptors (Lipinski definition) is 3. The van der Waals surface area contributed by atoms with Gasteiger partial charge in [-0.1, -0.05) is 6.07 Å². The van der Waals surface area contributed by atoms with Gasteiger partial charge in [0, 0.05) is 43.9 Å². The predicted octanol–water partition coefficient (Wildman–Crippen LogP) is 3.64. The second-order valence-corrected chi connectivity index (χ2v) is 8.94. The van der Waals surface area contributed by atoms with Crippen LogP contribution < -0.4 is 5.32 Å². The zero-order chi connectivity index (χ0) is 19.6. The first kappa shape index (κ1) is 19.8. The number of carbonyl (C=O) groups excluding carboxylic acids is 1. The highest BCUT2D eigenvalue weighted by Crippen LogP contribution is 2.49. The summed E-state index contributed by atoms with van der Waals surface area (Å²) in [6.07, 6.45) is 6.91. The number of halogens is 2. The molecule has 2 heterocycles. The number of carbonyl (C=O) groups is 1. The minimum atomic E-state index is -0.529. The van der Waals surface area contributed by atoms with E-state index in [4.69, 9.17) is 4.74 Å². The monoisotopic (exact) mass is 392 g/mol. The molecule has 3 fully saturated rings. The van der Waals surface area contributed by atoms with Crippen LogP contribution in [0.5, 0.6) is 0 Å². The first-order chi connectivity index (χ1) is 13.5. The van der Waals surface area contributed by atoms with E-state index in [1.54, 1.807) is 6.07 Å². The van der Waals surface area contributed by atoms with Crippen LogP contribution in [0.15, 0.2) is 18.2 Å². The summed E-state index contributed by atoms with van der Waals surface area (Å²) in [5.74, 6) is -0.330. The molecule has 2 aliphatic heterocycles. The van der Waals surface area contributed by atoms with Crippen molar-refractivity contribution < 1.29 is 18.3 Å². The Labute approximate surface area is 165 Å². The van der Waals surface area contributed by atoms with E-state index in [0.29, 0.717) is 35.9 Å². The highest BCUT2D eigenvalue weighted by molar-refractivity contribution is 5.76. The average Bonchev–Trinajstić information content (AvgIpc) is 2.65. The van der Waals surface area contributed by atoms with Gasteiger partial charge in [-0.3, -0.25) is 9.69 Å². The molecule has 2 saturated heterocycles. The molecule has 1 aromatic carbocycles. The number of likely N-dealkylation sites (tertiary alicyclic amines) is 1. The van der Waals surface area contributed by atoms with Gasteiger partial charge in [0.2, 0.25) is 5.91 Å². The van der Waals surface area contributed by atoms with Crippen molar-refractivity contribution in [2.45, 2.75) is 57.5 Å². The lowest BCUT2D eigenvalue weighted by molar-refractivity contribution is -0.125. The summed E-state index contributed by atoms with van der Waals surface area (Å²) in [6, 6.07) is 4.14. The van der Waals surface area contributed by atoms with E-state index in [1.807, 2.05) is 0 Å². The van der Waals surface area contributed by atoms with E-state index >= 15 is 0 Å². The van der Waals surface area contributed by atoms with Crippen LogP contribution in [-0.2, 0) is 16.1 Å². The van der Waals surface area contributed by atoms with Crippen molar-refractivity contribution in [3.63, 3.8) is 0 Å². The van der Waals surface area contributed by atoms with Crippen molar-refractivity contribution >= 4 is 5.91 Å². The van der Waals surface area contributed by atoms with E-state index in [1.165, 1.54) is 6.07 Å². The largest absolute Gasteiger partial charge is 0.381 e. The maximum absolute atomic E-state index is 13.9. The Morgan fingerprint density at radius 2 is 1.89 bits per heavy atom. The molecule has 1 aromatic rings. The van der Waals surface area contributed by atoms with Gasteiger partial charge in [0.15, 0.2) is 0 Å². The summed E-state index contributed by atoms with van der Waals surface area (Å²) in [5, 5.41) is 3.22. The van der Waals surface area contributed by atoms with E-state index in [9.17, 15) is 13.6 Å². The van der Waals surface area contributed by atoms with Crippen molar-refractivity contribution in [3.05, 3.63) is 35.4 Å². The van der Waals surface area contributed by atoms with Crippen LogP contribution in [0.3, 0.4) is 0 Å². The second kappa shape index (κ2) is 8.46. The average molecular weight is 392 g/mol. The Kier molecular flexibility index (Phi) is 5.97. The summed E-state index contributed by atoms with van der Waals surface area (Å²) in [4.78, 5) is 14.5. The molecule has 0 aromatic heterocycles.